The summed E-state index contributed by atoms with van der Waals surface area (Å²) in [5.74, 6) is 0.198. The first kappa shape index (κ1) is 10.5. The fraction of sp³-hybridized carbons (Fsp3) is 1.00. The molecule has 62 valence electrons. The molecule has 0 spiro atoms. The van der Waals surface area contributed by atoms with Crippen LogP contribution in [0.4, 0.5) is 0 Å². The Morgan fingerprint density at radius 1 is 1.60 bits per heavy atom. The SMILES string of the molecule is CC(C)N(O)C(C)(Cl)CCl. The van der Waals surface area contributed by atoms with Gasteiger partial charge in [-0.3, -0.25) is 0 Å². The van der Waals surface area contributed by atoms with Crippen LogP contribution >= 0.6 is 23.2 Å². The molecule has 0 saturated carbocycles. The summed E-state index contributed by atoms with van der Waals surface area (Å²) in [5, 5.41) is 10.3. The molecular weight excluding hydrogens is 173 g/mol. The quantitative estimate of drug-likeness (QED) is 0.415. The van der Waals surface area contributed by atoms with Gasteiger partial charge >= 0.3 is 0 Å². The van der Waals surface area contributed by atoms with Crippen molar-refractivity contribution in [3.05, 3.63) is 0 Å². The highest BCUT2D eigenvalue weighted by Crippen LogP contribution is 2.21. The molecule has 0 aromatic heterocycles. The van der Waals surface area contributed by atoms with Gasteiger partial charge in [0.05, 0.1) is 5.88 Å². The average molecular weight is 186 g/mol. The predicted octanol–water partition coefficient (Wildman–Crippen LogP) is 2.28. The number of hydrogen-bond acceptors (Lipinski definition) is 2. The van der Waals surface area contributed by atoms with E-state index in [1.54, 1.807) is 6.92 Å². The zero-order valence-electron chi connectivity index (χ0n) is 6.43. The van der Waals surface area contributed by atoms with Crippen LogP contribution in [0.15, 0.2) is 0 Å². The second kappa shape index (κ2) is 3.77. The van der Waals surface area contributed by atoms with Crippen molar-refractivity contribution in [3.8, 4) is 0 Å². The first-order valence-corrected chi connectivity index (χ1v) is 4.06. The Labute approximate surface area is 71.7 Å². The second-order valence-electron chi connectivity index (χ2n) is 2.71. The number of hydrogen-bond donors (Lipinski definition) is 1. The van der Waals surface area contributed by atoms with E-state index in [0.717, 1.165) is 5.06 Å². The van der Waals surface area contributed by atoms with Crippen molar-refractivity contribution in [1.29, 1.82) is 0 Å². The van der Waals surface area contributed by atoms with Crippen LogP contribution in [-0.4, -0.2) is 27.2 Å². The molecule has 1 N–H and O–H groups in total. The summed E-state index contributed by atoms with van der Waals surface area (Å²) in [4.78, 5) is -0.851. The van der Waals surface area contributed by atoms with Crippen molar-refractivity contribution in [2.24, 2.45) is 0 Å². The zero-order chi connectivity index (χ0) is 8.36. The summed E-state index contributed by atoms with van der Waals surface area (Å²) in [6, 6.07) is -0.0127. The highest BCUT2D eigenvalue weighted by molar-refractivity contribution is 6.30. The summed E-state index contributed by atoms with van der Waals surface area (Å²) in [6.45, 7) is 5.35. The summed E-state index contributed by atoms with van der Waals surface area (Å²) >= 11 is 11.3. The molecule has 0 aromatic rings. The molecule has 0 bridgehead atoms. The molecule has 0 aliphatic rings. The normalized spacial score (nSPS) is 18.0. The summed E-state index contributed by atoms with van der Waals surface area (Å²) in [6.07, 6.45) is 0. The van der Waals surface area contributed by atoms with E-state index in [4.69, 9.17) is 23.2 Å². The molecule has 0 saturated heterocycles. The average Bonchev–Trinajstić information content (AvgIpc) is 1.86. The first-order valence-electron chi connectivity index (χ1n) is 3.15. The maximum atomic E-state index is 9.27. The summed E-state index contributed by atoms with van der Waals surface area (Å²) < 4.78 is 0. The third-order valence-corrected chi connectivity index (χ3v) is 2.17. The second-order valence-corrected chi connectivity index (χ2v) is 3.80. The maximum absolute atomic E-state index is 9.27. The lowest BCUT2D eigenvalue weighted by Gasteiger charge is -2.31. The molecule has 0 aromatic carbocycles. The lowest BCUT2D eigenvalue weighted by Crippen LogP contribution is -2.45. The van der Waals surface area contributed by atoms with E-state index >= 15 is 0 Å². The smallest absolute Gasteiger partial charge is 0.130 e. The molecule has 0 amide bonds. The van der Waals surface area contributed by atoms with Gasteiger partial charge in [-0.15, -0.1) is 11.6 Å². The monoisotopic (exact) mass is 185 g/mol. The molecular formula is C6H13Cl2NO. The van der Waals surface area contributed by atoms with Crippen LogP contribution in [0, 0.1) is 0 Å². The Balaban J connectivity index is 4.03. The standard InChI is InChI=1S/C6H13Cl2NO/c1-5(2)9(10)6(3,8)4-7/h5,10H,4H2,1-3H3. The predicted molar refractivity (Wildman–Crippen MR) is 43.7 cm³/mol. The fourth-order valence-corrected chi connectivity index (χ4v) is 0.917. The van der Waals surface area contributed by atoms with Gasteiger partial charge in [0, 0.05) is 6.04 Å². The van der Waals surface area contributed by atoms with Crippen molar-refractivity contribution >= 4 is 23.2 Å². The number of nitrogens with zero attached hydrogens (tertiary/aromatic N) is 1. The van der Waals surface area contributed by atoms with E-state index in [0.29, 0.717) is 0 Å². The lowest BCUT2D eigenvalue weighted by molar-refractivity contribution is -0.155. The van der Waals surface area contributed by atoms with Crippen LogP contribution in [0.25, 0.3) is 0 Å². The molecule has 0 aliphatic carbocycles. The van der Waals surface area contributed by atoms with Crippen molar-refractivity contribution in [3.63, 3.8) is 0 Å². The highest BCUT2D eigenvalue weighted by Gasteiger charge is 2.29. The maximum Gasteiger partial charge on any atom is 0.130 e. The molecule has 10 heavy (non-hydrogen) atoms. The van der Waals surface area contributed by atoms with E-state index in [1.165, 1.54) is 0 Å². The third-order valence-electron chi connectivity index (χ3n) is 1.21. The number of rotatable bonds is 3. The van der Waals surface area contributed by atoms with Gasteiger partial charge in [-0.25, -0.2) is 0 Å². The summed E-state index contributed by atoms with van der Waals surface area (Å²) in [5.41, 5.74) is 0. The summed E-state index contributed by atoms with van der Waals surface area (Å²) in [7, 11) is 0. The molecule has 0 rings (SSSR count). The Hall–Kier alpha value is 0.500. The molecule has 1 unspecified atom stereocenters. The van der Waals surface area contributed by atoms with Gasteiger partial charge < -0.3 is 5.21 Å². The zero-order valence-corrected chi connectivity index (χ0v) is 7.95. The van der Waals surface area contributed by atoms with Crippen molar-refractivity contribution < 1.29 is 5.21 Å². The van der Waals surface area contributed by atoms with Crippen molar-refractivity contribution in [2.45, 2.75) is 31.8 Å². The van der Waals surface area contributed by atoms with Gasteiger partial charge in [-0.2, -0.15) is 5.06 Å². The molecule has 4 heteroatoms. The van der Waals surface area contributed by atoms with Gasteiger partial charge in [-0.1, -0.05) is 11.6 Å². The molecule has 1 atom stereocenters. The van der Waals surface area contributed by atoms with Crippen molar-refractivity contribution in [1.82, 2.24) is 5.06 Å². The largest absolute Gasteiger partial charge is 0.312 e. The van der Waals surface area contributed by atoms with Gasteiger partial charge in [0.2, 0.25) is 0 Å². The number of halogens is 2. The Bertz CT molecular complexity index is 106. The minimum absolute atomic E-state index is 0.0127. The fourth-order valence-electron chi connectivity index (χ4n) is 0.600. The van der Waals surface area contributed by atoms with E-state index < -0.39 is 5.00 Å². The Kier molecular flexibility index (Phi) is 3.95. The van der Waals surface area contributed by atoms with E-state index in [9.17, 15) is 5.21 Å². The molecule has 2 nitrogen and oxygen atoms in total. The van der Waals surface area contributed by atoms with Gasteiger partial charge in [-0.05, 0) is 20.8 Å². The van der Waals surface area contributed by atoms with E-state index in [1.807, 2.05) is 13.8 Å². The highest BCUT2D eigenvalue weighted by atomic mass is 35.5. The first-order chi connectivity index (χ1) is 4.41. The molecule has 0 fully saturated rings. The molecule has 0 radical (unpaired) electrons. The molecule has 0 aliphatic heterocycles. The van der Waals surface area contributed by atoms with Gasteiger partial charge in [0.25, 0.3) is 0 Å². The van der Waals surface area contributed by atoms with Crippen LogP contribution in [0.5, 0.6) is 0 Å². The van der Waals surface area contributed by atoms with Crippen LogP contribution in [-0.2, 0) is 0 Å². The van der Waals surface area contributed by atoms with Crippen molar-refractivity contribution in [2.75, 3.05) is 5.88 Å². The van der Waals surface area contributed by atoms with E-state index in [-0.39, 0.29) is 11.9 Å². The molecule has 0 heterocycles. The van der Waals surface area contributed by atoms with Crippen LogP contribution in [0.2, 0.25) is 0 Å². The Morgan fingerprint density at radius 3 is 2.10 bits per heavy atom. The van der Waals surface area contributed by atoms with E-state index in [2.05, 4.69) is 0 Å². The third kappa shape index (κ3) is 2.62. The lowest BCUT2D eigenvalue weighted by atomic mass is 10.3. The van der Waals surface area contributed by atoms with Gasteiger partial charge in [0.1, 0.15) is 5.00 Å². The Morgan fingerprint density at radius 2 is 2.00 bits per heavy atom. The van der Waals surface area contributed by atoms with Gasteiger partial charge in [0.15, 0.2) is 0 Å². The van der Waals surface area contributed by atoms with Crippen LogP contribution in [0.3, 0.4) is 0 Å². The van der Waals surface area contributed by atoms with Crippen LogP contribution < -0.4 is 0 Å². The number of hydroxylamine groups is 2. The minimum atomic E-state index is -0.851. The topological polar surface area (TPSA) is 23.5 Å². The number of alkyl halides is 2. The minimum Gasteiger partial charge on any atom is -0.312 e. The van der Waals surface area contributed by atoms with Crippen LogP contribution in [0.1, 0.15) is 20.8 Å².